The molecule has 5 nitrogen and oxygen atoms in total. The molecule has 0 aromatic rings. The van der Waals surface area contributed by atoms with Crippen LogP contribution in [0.2, 0.25) is 0 Å². The van der Waals surface area contributed by atoms with Gasteiger partial charge in [0.1, 0.15) is 0 Å². The minimum absolute atomic E-state index is 0.0866. The van der Waals surface area contributed by atoms with Crippen LogP contribution in [-0.4, -0.2) is 38.5 Å². The summed E-state index contributed by atoms with van der Waals surface area (Å²) in [7, 11) is 3.13. The van der Waals surface area contributed by atoms with Gasteiger partial charge in [-0.1, -0.05) is 0 Å². The predicted octanol–water partition coefficient (Wildman–Crippen LogP) is 0.628. The first-order valence-corrected chi connectivity index (χ1v) is 6.20. The molecular weight excluding hydrogens is 220 g/mol. The topological polar surface area (TPSA) is 73.6 Å². The van der Waals surface area contributed by atoms with E-state index in [0.29, 0.717) is 0 Å². The summed E-state index contributed by atoms with van der Waals surface area (Å²) in [5, 5.41) is 2.94. The SMILES string of the molecule is COC(OC)C(C)NC(=O)C1CCC(N)CC1. The normalized spacial score (nSPS) is 26.9. The van der Waals surface area contributed by atoms with E-state index in [1.807, 2.05) is 6.92 Å². The van der Waals surface area contributed by atoms with Crippen LogP contribution >= 0.6 is 0 Å². The molecule has 1 amide bonds. The van der Waals surface area contributed by atoms with Crippen LogP contribution in [0.4, 0.5) is 0 Å². The van der Waals surface area contributed by atoms with Gasteiger partial charge in [-0.15, -0.1) is 0 Å². The molecule has 1 atom stereocenters. The molecule has 1 aliphatic carbocycles. The lowest BCUT2D eigenvalue weighted by molar-refractivity contribution is -0.139. The minimum Gasteiger partial charge on any atom is -0.354 e. The maximum Gasteiger partial charge on any atom is 0.223 e. The molecule has 3 N–H and O–H groups in total. The number of hydrogen-bond acceptors (Lipinski definition) is 4. The van der Waals surface area contributed by atoms with Gasteiger partial charge in [0.2, 0.25) is 5.91 Å². The summed E-state index contributed by atoms with van der Waals surface area (Å²) in [5.41, 5.74) is 5.82. The third-order valence-corrected chi connectivity index (χ3v) is 3.39. The summed E-state index contributed by atoms with van der Waals surface area (Å²) in [6.07, 6.45) is 3.23. The Morgan fingerprint density at radius 2 is 1.76 bits per heavy atom. The lowest BCUT2D eigenvalue weighted by Crippen LogP contribution is -2.46. The Hall–Kier alpha value is -0.650. The smallest absolute Gasteiger partial charge is 0.223 e. The second-order valence-corrected chi connectivity index (χ2v) is 4.75. The van der Waals surface area contributed by atoms with Gasteiger partial charge < -0.3 is 20.5 Å². The van der Waals surface area contributed by atoms with Crippen LogP contribution in [0.1, 0.15) is 32.6 Å². The quantitative estimate of drug-likeness (QED) is 0.696. The van der Waals surface area contributed by atoms with Crippen molar-refractivity contribution < 1.29 is 14.3 Å². The summed E-state index contributed by atoms with van der Waals surface area (Å²) in [6, 6.07) is 0.121. The first-order valence-electron chi connectivity index (χ1n) is 6.20. The second kappa shape index (κ2) is 6.93. The fourth-order valence-corrected chi connectivity index (χ4v) is 2.30. The first-order chi connectivity index (χ1) is 8.08. The zero-order chi connectivity index (χ0) is 12.8. The van der Waals surface area contributed by atoms with Gasteiger partial charge in [0.25, 0.3) is 0 Å². The van der Waals surface area contributed by atoms with Crippen molar-refractivity contribution >= 4 is 5.91 Å². The summed E-state index contributed by atoms with van der Waals surface area (Å²) >= 11 is 0. The molecule has 0 saturated heterocycles. The number of nitrogens with two attached hydrogens (primary N) is 1. The number of methoxy groups -OCH3 is 2. The van der Waals surface area contributed by atoms with E-state index in [1.165, 1.54) is 0 Å². The van der Waals surface area contributed by atoms with Gasteiger partial charge in [0.05, 0.1) is 6.04 Å². The van der Waals surface area contributed by atoms with Crippen molar-refractivity contribution in [3.8, 4) is 0 Å². The average Bonchev–Trinajstić information content (AvgIpc) is 2.31. The molecule has 1 fully saturated rings. The van der Waals surface area contributed by atoms with Crippen molar-refractivity contribution in [2.75, 3.05) is 14.2 Å². The molecule has 0 aromatic carbocycles. The fourth-order valence-electron chi connectivity index (χ4n) is 2.30. The van der Waals surface area contributed by atoms with Gasteiger partial charge in [-0.25, -0.2) is 0 Å². The van der Waals surface area contributed by atoms with E-state index in [0.717, 1.165) is 25.7 Å². The first kappa shape index (κ1) is 14.4. The van der Waals surface area contributed by atoms with Crippen LogP contribution in [0.5, 0.6) is 0 Å². The number of hydrogen-bond donors (Lipinski definition) is 2. The van der Waals surface area contributed by atoms with Crippen molar-refractivity contribution in [2.45, 2.75) is 51.0 Å². The summed E-state index contributed by atoms with van der Waals surface area (Å²) in [5.74, 6) is 0.176. The molecule has 0 spiro atoms. The molecule has 17 heavy (non-hydrogen) atoms. The van der Waals surface area contributed by atoms with Gasteiger partial charge in [0, 0.05) is 26.2 Å². The summed E-state index contributed by atoms with van der Waals surface area (Å²) < 4.78 is 10.2. The van der Waals surface area contributed by atoms with E-state index < -0.39 is 6.29 Å². The minimum atomic E-state index is -0.398. The third kappa shape index (κ3) is 4.26. The summed E-state index contributed by atoms with van der Waals surface area (Å²) in [4.78, 5) is 12.0. The molecule has 5 heteroatoms. The molecule has 0 aromatic heterocycles. The van der Waals surface area contributed by atoms with E-state index >= 15 is 0 Å². The Morgan fingerprint density at radius 3 is 2.24 bits per heavy atom. The zero-order valence-electron chi connectivity index (χ0n) is 10.9. The lowest BCUT2D eigenvalue weighted by atomic mass is 9.86. The Balaban J connectivity index is 2.38. The third-order valence-electron chi connectivity index (χ3n) is 3.39. The fraction of sp³-hybridized carbons (Fsp3) is 0.917. The Morgan fingerprint density at radius 1 is 1.24 bits per heavy atom. The van der Waals surface area contributed by atoms with Gasteiger partial charge in [0.15, 0.2) is 6.29 Å². The highest BCUT2D eigenvalue weighted by molar-refractivity contribution is 5.79. The van der Waals surface area contributed by atoms with E-state index in [2.05, 4.69) is 5.32 Å². The van der Waals surface area contributed by atoms with Crippen molar-refractivity contribution in [3.05, 3.63) is 0 Å². The maximum atomic E-state index is 12.0. The molecule has 100 valence electrons. The largest absolute Gasteiger partial charge is 0.354 e. The van der Waals surface area contributed by atoms with Crippen LogP contribution in [0, 0.1) is 5.92 Å². The number of ether oxygens (including phenoxy) is 2. The van der Waals surface area contributed by atoms with E-state index in [-0.39, 0.29) is 23.9 Å². The molecule has 0 aliphatic heterocycles. The van der Waals surface area contributed by atoms with Crippen molar-refractivity contribution in [2.24, 2.45) is 11.7 Å². The average molecular weight is 244 g/mol. The second-order valence-electron chi connectivity index (χ2n) is 4.75. The molecule has 0 bridgehead atoms. The predicted molar refractivity (Wildman–Crippen MR) is 65.3 cm³/mol. The van der Waals surface area contributed by atoms with Crippen LogP contribution < -0.4 is 11.1 Å². The standard InChI is InChI=1S/C12H24N2O3/c1-8(12(16-2)17-3)14-11(15)9-4-6-10(13)7-5-9/h8-10,12H,4-7,13H2,1-3H3,(H,14,15). The molecular formula is C12H24N2O3. The molecule has 0 heterocycles. The molecule has 0 radical (unpaired) electrons. The number of carbonyl (C=O) groups excluding carboxylic acids is 1. The van der Waals surface area contributed by atoms with Crippen molar-refractivity contribution in [3.63, 3.8) is 0 Å². The molecule has 1 saturated carbocycles. The highest BCUT2D eigenvalue weighted by Gasteiger charge is 2.27. The van der Waals surface area contributed by atoms with Crippen LogP contribution in [-0.2, 0) is 14.3 Å². The Kier molecular flexibility index (Phi) is 5.88. The van der Waals surface area contributed by atoms with E-state index in [1.54, 1.807) is 14.2 Å². The van der Waals surface area contributed by atoms with Gasteiger partial charge >= 0.3 is 0 Å². The van der Waals surface area contributed by atoms with Crippen LogP contribution in [0.15, 0.2) is 0 Å². The molecule has 1 unspecified atom stereocenters. The summed E-state index contributed by atoms with van der Waals surface area (Å²) in [6.45, 7) is 1.88. The lowest BCUT2D eigenvalue weighted by Gasteiger charge is -2.28. The highest BCUT2D eigenvalue weighted by Crippen LogP contribution is 2.23. The monoisotopic (exact) mass is 244 g/mol. The number of amides is 1. The maximum absolute atomic E-state index is 12.0. The Labute approximate surface area is 103 Å². The van der Waals surface area contributed by atoms with Gasteiger partial charge in [-0.05, 0) is 32.6 Å². The van der Waals surface area contributed by atoms with Crippen molar-refractivity contribution in [1.29, 1.82) is 0 Å². The van der Waals surface area contributed by atoms with Gasteiger partial charge in [-0.3, -0.25) is 4.79 Å². The number of carbonyl (C=O) groups is 1. The van der Waals surface area contributed by atoms with Crippen LogP contribution in [0.3, 0.4) is 0 Å². The van der Waals surface area contributed by atoms with E-state index in [4.69, 9.17) is 15.2 Å². The number of nitrogens with one attached hydrogen (secondary N) is 1. The Bertz CT molecular complexity index is 236. The van der Waals surface area contributed by atoms with Gasteiger partial charge in [-0.2, -0.15) is 0 Å². The van der Waals surface area contributed by atoms with Crippen molar-refractivity contribution in [1.82, 2.24) is 5.32 Å². The van der Waals surface area contributed by atoms with Crippen LogP contribution in [0.25, 0.3) is 0 Å². The molecule has 1 rings (SSSR count). The van der Waals surface area contributed by atoms with E-state index in [9.17, 15) is 4.79 Å². The number of rotatable bonds is 5. The molecule has 1 aliphatic rings. The highest BCUT2D eigenvalue weighted by atomic mass is 16.7. The zero-order valence-corrected chi connectivity index (χ0v) is 10.9.